The number of rotatable bonds is 4. The minimum Gasteiger partial charge on any atom is -0.452 e. The molecule has 0 fully saturated rings. The Morgan fingerprint density at radius 1 is 1.10 bits per heavy atom. The Kier molecular flexibility index (Phi) is 6.33. The van der Waals surface area contributed by atoms with Crippen LogP contribution in [0.3, 0.4) is 0 Å². The van der Waals surface area contributed by atoms with Gasteiger partial charge >= 0.3 is 6.09 Å². The SMILES string of the molecule is COC(=O)n1cc(Br)c(Br)c1[Si](C(C)C)(C(C)C)C(C)C. The summed E-state index contributed by atoms with van der Waals surface area (Å²) in [7, 11) is -0.538. The van der Waals surface area contributed by atoms with E-state index in [9.17, 15) is 4.79 Å². The summed E-state index contributed by atoms with van der Waals surface area (Å²) in [5, 5.41) is 1.13. The Bertz CT molecular complexity index is 502. The molecular weight excluding hydrogens is 414 g/mol. The molecule has 0 unspecified atom stereocenters. The van der Waals surface area contributed by atoms with Crippen LogP contribution in [-0.4, -0.2) is 25.8 Å². The largest absolute Gasteiger partial charge is 0.452 e. The zero-order valence-electron chi connectivity index (χ0n) is 13.8. The van der Waals surface area contributed by atoms with E-state index in [2.05, 4.69) is 73.4 Å². The van der Waals surface area contributed by atoms with Gasteiger partial charge in [0.25, 0.3) is 0 Å². The number of hydrogen-bond acceptors (Lipinski definition) is 2. The molecule has 0 aliphatic rings. The molecule has 3 nitrogen and oxygen atoms in total. The lowest BCUT2D eigenvalue weighted by atomic mass is 10.5. The second-order valence-corrected chi connectivity index (χ2v) is 13.8. The molecule has 1 heterocycles. The van der Waals surface area contributed by atoms with Crippen molar-refractivity contribution in [2.24, 2.45) is 0 Å². The number of carbonyl (C=O) groups excluding carboxylic acids is 1. The Hall–Kier alpha value is -0.0731. The van der Waals surface area contributed by atoms with E-state index < -0.39 is 8.07 Å². The zero-order chi connectivity index (χ0) is 16.5. The summed E-state index contributed by atoms with van der Waals surface area (Å²) < 4.78 is 8.58. The molecule has 0 amide bonds. The monoisotopic (exact) mass is 437 g/mol. The lowest BCUT2D eigenvalue weighted by molar-refractivity contribution is 0.173. The fraction of sp³-hybridized carbons (Fsp3) is 0.667. The van der Waals surface area contributed by atoms with Crippen molar-refractivity contribution in [3.05, 3.63) is 15.1 Å². The van der Waals surface area contributed by atoms with Gasteiger partial charge in [-0.05, 0) is 48.5 Å². The van der Waals surface area contributed by atoms with Gasteiger partial charge in [-0.3, -0.25) is 4.57 Å². The zero-order valence-corrected chi connectivity index (χ0v) is 18.0. The van der Waals surface area contributed by atoms with Crippen molar-refractivity contribution in [3.8, 4) is 0 Å². The minimum atomic E-state index is -1.97. The van der Waals surface area contributed by atoms with Crippen LogP contribution in [-0.2, 0) is 4.74 Å². The van der Waals surface area contributed by atoms with Crippen LogP contribution in [0.2, 0.25) is 16.6 Å². The lowest BCUT2D eigenvalue weighted by Crippen LogP contribution is -2.59. The van der Waals surface area contributed by atoms with Crippen LogP contribution in [0.25, 0.3) is 0 Å². The van der Waals surface area contributed by atoms with Gasteiger partial charge in [-0.15, -0.1) is 0 Å². The number of hydrogen-bond donors (Lipinski definition) is 0. The van der Waals surface area contributed by atoms with E-state index in [0.717, 1.165) is 14.3 Å². The van der Waals surface area contributed by atoms with E-state index in [0.29, 0.717) is 16.6 Å². The molecule has 0 bridgehead atoms. The van der Waals surface area contributed by atoms with Crippen LogP contribution in [0.5, 0.6) is 0 Å². The molecule has 0 aliphatic carbocycles. The maximum Gasteiger partial charge on any atom is 0.417 e. The van der Waals surface area contributed by atoms with Gasteiger partial charge in [0, 0.05) is 20.5 Å². The van der Waals surface area contributed by atoms with Crippen LogP contribution in [0, 0.1) is 0 Å². The van der Waals surface area contributed by atoms with E-state index in [4.69, 9.17) is 4.74 Å². The summed E-state index contributed by atoms with van der Waals surface area (Å²) in [4.78, 5) is 12.2. The molecule has 6 heteroatoms. The Morgan fingerprint density at radius 3 is 1.86 bits per heavy atom. The first kappa shape index (κ1) is 19.0. The summed E-state index contributed by atoms with van der Waals surface area (Å²) in [6, 6.07) is 0. The first-order valence-corrected chi connectivity index (χ1v) is 11.1. The third-order valence-electron chi connectivity index (χ3n) is 4.55. The van der Waals surface area contributed by atoms with Gasteiger partial charge in [-0.25, -0.2) is 4.79 Å². The van der Waals surface area contributed by atoms with Gasteiger partial charge in [0.1, 0.15) is 8.07 Å². The number of ether oxygens (including phenoxy) is 1. The highest BCUT2D eigenvalue weighted by atomic mass is 79.9. The summed E-state index contributed by atoms with van der Waals surface area (Å²) in [5.74, 6) is 0. The van der Waals surface area contributed by atoms with Crippen molar-refractivity contribution < 1.29 is 9.53 Å². The molecule has 0 atom stereocenters. The molecule has 0 N–H and O–H groups in total. The number of halogens is 2. The molecule has 1 aromatic heterocycles. The molecule has 0 saturated heterocycles. The van der Waals surface area contributed by atoms with E-state index in [1.807, 2.05) is 6.20 Å². The number of nitrogens with zero attached hydrogens (tertiary/aromatic N) is 1. The van der Waals surface area contributed by atoms with Crippen molar-refractivity contribution in [2.75, 3.05) is 7.11 Å². The van der Waals surface area contributed by atoms with Crippen molar-refractivity contribution in [1.82, 2.24) is 4.57 Å². The molecule has 0 saturated carbocycles. The lowest BCUT2D eigenvalue weighted by Gasteiger charge is -2.43. The quantitative estimate of drug-likeness (QED) is 0.580. The van der Waals surface area contributed by atoms with Crippen LogP contribution in [0.15, 0.2) is 15.1 Å². The van der Waals surface area contributed by atoms with Gasteiger partial charge < -0.3 is 4.74 Å². The highest BCUT2D eigenvalue weighted by Crippen LogP contribution is 2.43. The Labute approximate surface area is 145 Å². The standard InChI is InChI=1S/C15H25Br2NO2Si/c1-9(2)21(10(3)4,11(5)6)14-13(17)12(16)8-18(14)15(19)20-7/h8-11H,1-7H3. The molecular formula is C15H25Br2NO2Si. The molecule has 1 aromatic rings. The third-order valence-corrected chi connectivity index (χ3v) is 13.9. The van der Waals surface area contributed by atoms with E-state index in [1.165, 1.54) is 7.11 Å². The highest BCUT2D eigenvalue weighted by molar-refractivity contribution is 9.13. The second kappa shape index (κ2) is 7.00. The van der Waals surface area contributed by atoms with Crippen molar-refractivity contribution in [2.45, 2.75) is 58.2 Å². The van der Waals surface area contributed by atoms with Crippen LogP contribution in [0.4, 0.5) is 4.79 Å². The molecule has 0 aromatic carbocycles. The fourth-order valence-electron chi connectivity index (χ4n) is 3.91. The Morgan fingerprint density at radius 2 is 1.52 bits per heavy atom. The molecule has 0 radical (unpaired) electrons. The van der Waals surface area contributed by atoms with E-state index in [1.54, 1.807) is 4.57 Å². The highest BCUT2D eigenvalue weighted by Gasteiger charge is 2.48. The van der Waals surface area contributed by atoms with Gasteiger partial charge in [-0.2, -0.15) is 0 Å². The maximum atomic E-state index is 12.2. The van der Waals surface area contributed by atoms with Gasteiger partial charge in [-0.1, -0.05) is 41.5 Å². The van der Waals surface area contributed by atoms with Crippen molar-refractivity contribution in [3.63, 3.8) is 0 Å². The minimum absolute atomic E-state index is 0.324. The average Bonchev–Trinajstić information content (AvgIpc) is 2.66. The Balaban J connectivity index is 3.78. The third kappa shape index (κ3) is 3.04. The summed E-state index contributed by atoms with van der Waals surface area (Å²) in [6.45, 7) is 13.7. The molecule has 21 heavy (non-hydrogen) atoms. The molecule has 0 spiro atoms. The summed E-state index contributed by atoms with van der Waals surface area (Å²) in [5.41, 5.74) is 1.54. The molecule has 1 rings (SSSR count). The van der Waals surface area contributed by atoms with Crippen molar-refractivity contribution >= 4 is 51.3 Å². The van der Waals surface area contributed by atoms with Crippen LogP contribution in [0.1, 0.15) is 41.5 Å². The first-order chi connectivity index (χ1) is 9.62. The van der Waals surface area contributed by atoms with E-state index in [-0.39, 0.29) is 6.09 Å². The summed E-state index contributed by atoms with van der Waals surface area (Å²) >= 11 is 7.25. The number of aromatic nitrogens is 1. The molecule has 120 valence electrons. The second-order valence-electron chi connectivity index (χ2n) is 6.38. The summed E-state index contributed by atoms with van der Waals surface area (Å²) in [6.07, 6.45) is 1.50. The average molecular weight is 439 g/mol. The predicted octanol–water partition coefficient (Wildman–Crippen LogP) is 5.51. The molecule has 0 aliphatic heterocycles. The van der Waals surface area contributed by atoms with E-state index >= 15 is 0 Å². The number of carbonyl (C=O) groups is 1. The smallest absolute Gasteiger partial charge is 0.417 e. The normalized spacial score (nSPS) is 12.6. The van der Waals surface area contributed by atoms with Gasteiger partial charge in [0.2, 0.25) is 0 Å². The fourth-order valence-corrected chi connectivity index (χ4v) is 12.5. The topological polar surface area (TPSA) is 31.2 Å². The van der Waals surface area contributed by atoms with Gasteiger partial charge in [0.05, 0.1) is 7.11 Å². The maximum absolute atomic E-state index is 12.2. The van der Waals surface area contributed by atoms with Crippen LogP contribution >= 0.6 is 31.9 Å². The van der Waals surface area contributed by atoms with Gasteiger partial charge in [0.15, 0.2) is 0 Å². The number of methoxy groups -OCH3 is 1. The van der Waals surface area contributed by atoms with Crippen molar-refractivity contribution in [1.29, 1.82) is 0 Å². The first-order valence-electron chi connectivity index (χ1n) is 7.27. The predicted molar refractivity (Wildman–Crippen MR) is 98.3 cm³/mol. The van der Waals surface area contributed by atoms with Crippen LogP contribution < -0.4 is 5.32 Å².